The van der Waals surface area contributed by atoms with Gasteiger partial charge in [-0.2, -0.15) is 0 Å². The molecule has 1 aliphatic rings. The molecule has 0 saturated carbocycles. The molecule has 2 rings (SSSR count). The predicted octanol–water partition coefficient (Wildman–Crippen LogP) is 0.700. The van der Waals surface area contributed by atoms with Crippen molar-refractivity contribution in [2.24, 2.45) is 11.7 Å². The molecule has 1 saturated heterocycles. The Morgan fingerprint density at radius 1 is 1.47 bits per heavy atom. The number of rotatable bonds is 3. The second-order valence-electron chi connectivity index (χ2n) is 5.06. The molecule has 5 nitrogen and oxygen atoms in total. The number of carbonyl (C=O) groups is 2. The molecule has 2 amide bonds. The molecule has 0 radical (unpaired) electrons. The first-order chi connectivity index (χ1) is 9.02. The quantitative estimate of drug-likeness (QED) is 0.871. The molecular weight excluding hydrogens is 242 g/mol. The average Bonchev–Trinajstić information content (AvgIpc) is 2.79. The summed E-state index contributed by atoms with van der Waals surface area (Å²) in [5.74, 6) is 0.217. The Labute approximate surface area is 113 Å². The van der Waals surface area contributed by atoms with Gasteiger partial charge in [0.2, 0.25) is 5.91 Å². The van der Waals surface area contributed by atoms with Gasteiger partial charge in [0, 0.05) is 38.3 Å². The summed E-state index contributed by atoms with van der Waals surface area (Å²) in [6.07, 6.45) is 0.488. The van der Waals surface area contributed by atoms with Gasteiger partial charge in [0.05, 0.1) is 0 Å². The smallest absolute Gasteiger partial charge is 0.253 e. The van der Waals surface area contributed by atoms with Crippen LogP contribution < -0.4 is 10.6 Å². The van der Waals surface area contributed by atoms with Crippen molar-refractivity contribution >= 4 is 17.5 Å². The third kappa shape index (κ3) is 2.76. The van der Waals surface area contributed by atoms with Gasteiger partial charge < -0.3 is 15.5 Å². The summed E-state index contributed by atoms with van der Waals surface area (Å²) >= 11 is 0. The summed E-state index contributed by atoms with van der Waals surface area (Å²) in [5, 5.41) is 0. The van der Waals surface area contributed by atoms with Crippen molar-refractivity contribution in [3.05, 3.63) is 29.8 Å². The second kappa shape index (κ2) is 5.40. The Hall–Kier alpha value is -1.88. The van der Waals surface area contributed by atoms with Crippen LogP contribution in [0.4, 0.5) is 5.69 Å². The van der Waals surface area contributed by atoms with E-state index in [2.05, 4.69) is 0 Å². The molecule has 19 heavy (non-hydrogen) atoms. The fraction of sp³-hybridized carbons (Fsp3) is 0.429. The standard InChI is InChI=1S/C14H19N3O2/c1-16(2)14(19)11-4-3-5-12(7-11)17-9-10(8-15)6-13(17)18/h3-5,7,10H,6,8-9,15H2,1-2H3. The number of hydrogen-bond donors (Lipinski definition) is 1. The van der Waals surface area contributed by atoms with Crippen LogP contribution in [0, 0.1) is 5.92 Å². The number of amides is 2. The topological polar surface area (TPSA) is 66.6 Å². The summed E-state index contributed by atoms with van der Waals surface area (Å²) < 4.78 is 0. The zero-order chi connectivity index (χ0) is 14.0. The number of carbonyl (C=O) groups excluding carboxylic acids is 2. The van der Waals surface area contributed by atoms with Crippen LogP contribution in [-0.4, -0.2) is 43.9 Å². The van der Waals surface area contributed by atoms with E-state index in [1.54, 1.807) is 37.2 Å². The average molecular weight is 261 g/mol. The highest BCUT2D eigenvalue weighted by molar-refractivity contribution is 5.99. The molecule has 1 aliphatic heterocycles. The van der Waals surface area contributed by atoms with Crippen LogP contribution in [0.2, 0.25) is 0 Å². The van der Waals surface area contributed by atoms with E-state index in [-0.39, 0.29) is 17.7 Å². The molecule has 0 bridgehead atoms. The van der Waals surface area contributed by atoms with E-state index in [0.717, 1.165) is 5.69 Å². The van der Waals surface area contributed by atoms with Crippen LogP contribution in [0.1, 0.15) is 16.8 Å². The maximum Gasteiger partial charge on any atom is 0.253 e. The number of nitrogens with zero attached hydrogens (tertiary/aromatic N) is 2. The van der Waals surface area contributed by atoms with E-state index in [1.807, 2.05) is 6.07 Å². The molecule has 5 heteroatoms. The lowest BCUT2D eigenvalue weighted by molar-refractivity contribution is -0.117. The van der Waals surface area contributed by atoms with Crippen LogP contribution in [0.5, 0.6) is 0 Å². The predicted molar refractivity (Wildman–Crippen MR) is 74.0 cm³/mol. The number of benzene rings is 1. The van der Waals surface area contributed by atoms with Gasteiger partial charge in [-0.15, -0.1) is 0 Å². The van der Waals surface area contributed by atoms with E-state index in [4.69, 9.17) is 5.73 Å². The summed E-state index contributed by atoms with van der Waals surface area (Å²) in [4.78, 5) is 27.1. The Kier molecular flexibility index (Phi) is 3.85. The molecule has 1 heterocycles. The largest absolute Gasteiger partial charge is 0.345 e. The lowest BCUT2D eigenvalue weighted by Gasteiger charge is -2.18. The van der Waals surface area contributed by atoms with Crippen molar-refractivity contribution in [3.63, 3.8) is 0 Å². The molecule has 1 fully saturated rings. The number of nitrogens with two attached hydrogens (primary N) is 1. The van der Waals surface area contributed by atoms with Gasteiger partial charge in [0.15, 0.2) is 0 Å². The molecule has 0 aliphatic carbocycles. The summed E-state index contributed by atoms with van der Waals surface area (Å²) in [7, 11) is 3.42. The lowest BCUT2D eigenvalue weighted by atomic mass is 10.1. The Morgan fingerprint density at radius 2 is 2.21 bits per heavy atom. The zero-order valence-corrected chi connectivity index (χ0v) is 11.3. The van der Waals surface area contributed by atoms with Crippen LogP contribution in [0.25, 0.3) is 0 Å². The van der Waals surface area contributed by atoms with Crippen LogP contribution >= 0.6 is 0 Å². The van der Waals surface area contributed by atoms with Crippen molar-refractivity contribution < 1.29 is 9.59 Å². The van der Waals surface area contributed by atoms with Gasteiger partial charge in [0.1, 0.15) is 0 Å². The fourth-order valence-corrected chi connectivity index (χ4v) is 2.25. The SMILES string of the molecule is CN(C)C(=O)c1cccc(N2CC(CN)CC2=O)c1. The first-order valence-corrected chi connectivity index (χ1v) is 6.35. The van der Waals surface area contributed by atoms with Gasteiger partial charge in [-0.05, 0) is 30.7 Å². The van der Waals surface area contributed by atoms with Crippen molar-refractivity contribution in [3.8, 4) is 0 Å². The highest BCUT2D eigenvalue weighted by Crippen LogP contribution is 2.25. The van der Waals surface area contributed by atoms with Crippen molar-refractivity contribution in [2.45, 2.75) is 6.42 Å². The van der Waals surface area contributed by atoms with E-state index in [1.165, 1.54) is 4.90 Å². The van der Waals surface area contributed by atoms with Gasteiger partial charge in [-0.3, -0.25) is 9.59 Å². The van der Waals surface area contributed by atoms with Crippen LogP contribution in [-0.2, 0) is 4.79 Å². The Balaban J connectivity index is 2.24. The third-order valence-electron chi connectivity index (χ3n) is 3.35. The minimum absolute atomic E-state index is 0.0659. The maximum atomic E-state index is 11.9. The van der Waals surface area contributed by atoms with Gasteiger partial charge >= 0.3 is 0 Å². The monoisotopic (exact) mass is 261 g/mol. The highest BCUT2D eigenvalue weighted by Gasteiger charge is 2.29. The minimum atomic E-state index is -0.0659. The fourth-order valence-electron chi connectivity index (χ4n) is 2.25. The molecule has 2 N–H and O–H groups in total. The van der Waals surface area contributed by atoms with E-state index in [9.17, 15) is 9.59 Å². The van der Waals surface area contributed by atoms with Gasteiger partial charge in [0.25, 0.3) is 5.91 Å². The highest BCUT2D eigenvalue weighted by atomic mass is 16.2. The Morgan fingerprint density at radius 3 is 2.79 bits per heavy atom. The van der Waals surface area contributed by atoms with Crippen LogP contribution in [0.15, 0.2) is 24.3 Å². The molecule has 1 aromatic carbocycles. The first-order valence-electron chi connectivity index (χ1n) is 6.35. The van der Waals surface area contributed by atoms with Gasteiger partial charge in [-0.1, -0.05) is 6.07 Å². The van der Waals surface area contributed by atoms with Gasteiger partial charge in [-0.25, -0.2) is 0 Å². The molecule has 1 aromatic rings. The minimum Gasteiger partial charge on any atom is -0.345 e. The van der Waals surface area contributed by atoms with E-state index in [0.29, 0.717) is 25.1 Å². The lowest BCUT2D eigenvalue weighted by Crippen LogP contribution is -2.26. The van der Waals surface area contributed by atoms with E-state index < -0.39 is 0 Å². The van der Waals surface area contributed by atoms with Crippen molar-refractivity contribution in [2.75, 3.05) is 32.1 Å². The summed E-state index contributed by atoms with van der Waals surface area (Å²) in [5.41, 5.74) is 6.98. The zero-order valence-electron chi connectivity index (χ0n) is 11.3. The van der Waals surface area contributed by atoms with Crippen molar-refractivity contribution in [1.82, 2.24) is 4.90 Å². The number of hydrogen-bond acceptors (Lipinski definition) is 3. The Bertz CT molecular complexity index is 499. The van der Waals surface area contributed by atoms with E-state index >= 15 is 0 Å². The summed E-state index contributed by atoms with van der Waals surface area (Å²) in [6, 6.07) is 7.17. The molecule has 1 unspecified atom stereocenters. The maximum absolute atomic E-state index is 11.9. The molecule has 102 valence electrons. The number of anilines is 1. The summed E-state index contributed by atoms with van der Waals surface area (Å²) in [6.45, 7) is 1.15. The molecule has 0 spiro atoms. The first kappa shape index (κ1) is 13.5. The molecule has 0 aromatic heterocycles. The molecular formula is C14H19N3O2. The normalized spacial score (nSPS) is 18.8. The molecule has 1 atom stereocenters. The third-order valence-corrected chi connectivity index (χ3v) is 3.35. The second-order valence-corrected chi connectivity index (χ2v) is 5.06. The van der Waals surface area contributed by atoms with Crippen molar-refractivity contribution in [1.29, 1.82) is 0 Å². The van der Waals surface area contributed by atoms with Crippen LogP contribution in [0.3, 0.4) is 0 Å².